The molecule has 1 saturated carbocycles. The van der Waals surface area contributed by atoms with Gasteiger partial charge in [0.15, 0.2) is 5.17 Å². The van der Waals surface area contributed by atoms with Gasteiger partial charge in [-0.2, -0.15) is 0 Å². The predicted molar refractivity (Wildman–Crippen MR) is 130 cm³/mol. The highest BCUT2D eigenvalue weighted by molar-refractivity contribution is 8.15. The zero-order chi connectivity index (χ0) is 22.8. The number of thioether (sulfide) groups is 1. The third kappa shape index (κ3) is 4.77. The van der Waals surface area contributed by atoms with Crippen LogP contribution in [0.25, 0.3) is 0 Å². The van der Waals surface area contributed by atoms with E-state index in [9.17, 15) is 15.0 Å². The molecule has 0 bridgehead atoms. The molecule has 2 aromatic rings. The number of aliphatic hydroxyl groups excluding tert-OH is 2. The second-order valence-electron chi connectivity index (χ2n) is 8.65. The maximum atomic E-state index is 13.3. The molecule has 2 aromatic carbocycles. The first kappa shape index (κ1) is 22.6. The maximum Gasteiger partial charge on any atom is 0.227 e. The number of aliphatic imine (C=N–C) groups is 1. The first-order valence-electron chi connectivity index (χ1n) is 10.8. The number of anilines is 2. The Kier molecular flexibility index (Phi) is 6.74. The zero-order valence-corrected chi connectivity index (χ0v) is 19.4. The van der Waals surface area contributed by atoms with Crippen molar-refractivity contribution in [1.29, 1.82) is 0 Å². The first-order valence-corrected chi connectivity index (χ1v) is 11.7. The van der Waals surface area contributed by atoms with Crippen molar-refractivity contribution in [3.8, 4) is 0 Å². The fourth-order valence-corrected chi connectivity index (χ4v) is 5.65. The number of rotatable bonds is 5. The Balaban J connectivity index is 1.47. The molecule has 1 aliphatic carbocycles. The number of hydrogen-bond donors (Lipinski definition) is 3. The van der Waals surface area contributed by atoms with Crippen LogP contribution in [0.1, 0.15) is 12.0 Å². The molecule has 170 valence electrons. The summed E-state index contributed by atoms with van der Waals surface area (Å²) >= 11 is 1.48. The highest BCUT2D eigenvalue weighted by atomic mass is 32.2. The standard InChI is InChI=1S/C24H30N4O3S/c1-27(2)17-11-9-16(10-12-17)25-24-26-20-21(30)19(29)13-18(22(20)32-24)23(31)28(3)14-15-7-5-4-6-8-15/h4-12,18-22,29-30H,13-14H2,1-3H3,(H,25,26)/t18-,19+,20+,21-,22+/m0/s1. The van der Waals surface area contributed by atoms with Gasteiger partial charge < -0.3 is 25.3 Å². The molecule has 0 saturated heterocycles. The Bertz CT molecular complexity index is 967. The van der Waals surface area contributed by atoms with E-state index in [0.29, 0.717) is 11.7 Å². The van der Waals surface area contributed by atoms with Gasteiger partial charge >= 0.3 is 0 Å². The number of nitrogens with zero attached hydrogens (tertiary/aromatic N) is 3. The van der Waals surface area contributed by atoms with E-state index in [1.807, 2.05) is 73.6 Å². The summed E-state index contributed by atoms with van der Waals surface area (Å²) in [5.74, 6) is -0.453. The Morgan fingerprint density at radius 3 is 2.44 bits per heavy atom. The minimum absolute atomic E-state index is 0.0333. The third-order valence-corrected chi connectivity index (χ3v) is 7.39. The van der Waals surface area contributed by atoms with Gasteiger partial charge in [0.2, 0.25) is 5.91 Å². The molecule has 8 heteroatoms. The van der Waals surface area contributed by atoms with Gasteiger partial charge in [-0.3, -0.25) is 9.79 Å². The van der Waals surface area contributed by atoms with Crippen LogP contribution in [-0.4, -0.2) is 70.8 Å². The Morgan fingerprint density at radius 1 is 1.09 bits per heavy atom. The topological polar surface area (TPSA) is 88.4 Å². The quantitative estimate of drug-likeness (QED) is 0.643. The molecule has 0 aromatic heterocycles. The van der Waals surface area contributed by atoms with E-state index in [-0.39, 0.29) is 17.6 Å². The van der Waals surface area contributed by atoms with Gasteiger partial charge in [-0.05, 0) is 36.2 Å². The summed E-state index contributed by atoms with van der Waals surface area (Å²) in [5, 5.41) is 24.8. The highest BCUT2D eigenvalue weighted by Crippen LogP contribution is 2.42. The van der Waals surface area contributed by atoms with Gasteiger partial charge in [0.05, 0.1) is 18.1 Å². The minimum Gasteiger partial charge on any atom is -0.390 e. The molecular weight excluding hydrogens is 424 g/mol. The van der Waals surface area contributed by atoms with Crippen molar-refractivity contribution >= 4 is 34.2 Å². The van der Waals surface area contributed by atoms with E-state index in [2.05, 4.69) is 10.3 Å². The molecule has 5 atom stereocenters. The lowest BCUT2D eigenvalue weighted by atomic mass is 9.80. The third-order valence-electron chi connectivity index (χ3n) is 6.08. The molecule has 3 N–H and O–H groups in total. The number of benzene rings is 2. The van der Waals surface area contributed by atoms with Gasteiger partial charge in [0, 0.05) is 44.3 Å². The number of aliphatic hydroxyl groups is 2. The fraction of sp³-hybridized carbons (Fsp3) is 0.417. The molecule has 0 radical (unpaired) electrons. The van der Waals surface area contributed by atoms with Crippen molar-refractivity contribution < 1.29 is 15.0 Å². The van der Waals surface area contributed by atoms with Gasteiger partial charge in [-0.15, -0.1) is 0 Å². The van der Waals surface area contributed by atoms with Gasteiger partial charge in [0.1, 0.15) is 6.10 Å². The van der Waals surface area contributed by atoms with E-state index in [1.165, 1.54) is 11.8 Å². The van der Waals surface area contributed by atoms with Crippen LogP contribution >= 0.6 is 11.8 Å². The van der Waals surface area contributed by atoms with E-state index in [4.69, 9.17) is 0 Å². The average molecular weight is 455 g/mol. The van der Waals surface area contributed by atoms with Crippen LogP contribution in [0, 0.1) is 5.92 Å². The molecule has 1 fully saturated rings. The molecule has 0 unspecified atom stereocenters. The van der Waals surface area contributed by atoms with E-state index < -0.39 is 24.2 Å². The Morgan fingerprint density at radius 2 is 1.78 bits per heavy atom. The second kappa shape index (κ2) is 9.52. The number of nitrogens with one attached hydrogen (secondary N) is 1. The lowest BCUT2D eigenvalue weighted by Gasteiger charge is -2.38. The van der Waals surface area contributed by atoms with Crippen LogP contribution in [0.4, 0.5) is 11.4 Å². The smallest absolute Gasteiger partial charge is 0.227 e. The summed E-state index contributed by atoms with van der Waals surface area (Å²) in [5.41, 5.74) is 3.03. The summed E-state index contributed by atoms with van der Waals surface area (Å²) in [6.07, 6.45) is -1.72. The molecular formula is C24H30N4O3S. The Hall–Kier alpha value is -2.55. The van der Waals surface area contributed by atoms with E-state index in [1.54, 1.807) is 11.9 Å². The first-order chi connectivity index (χ1) is 15.3. The van der Waals surface area contributed by atoms with Crippen LogP contribution in [0.15, 0.2) is 59.6 Å². The lowest BCUT2D eigenvalue weighted by Crippen LogP contribution is -2.54. The summed E-state index contributed by atoms with van der Waals surface area (Å²) in [6.45, 7) is 0.501. The number of amides is 1. The van der Waals surface area contributed by atoms with E-state index in [0.717, 1.165) is 16.9 Å². The summed E-state index contributed by atoms with van der Waals surface area (Å²) in [4.78, 5) is 21.7. The molecule has 4 rings (SSSR count). The maximum absolute atomic E-state index is 13.3. The largest absolute Gasteiger partial charge is 0.390 e. The molecule has 1 amide bonds. The summed E-state index contributed by atoms with van der Waals surface area (Å²) < 4.78 is 0. The van der Waals surface area contributed by atoms with Crippen molar-refractivity contribution in [1.82, 2.24) is 4.90 Å². The summed E-state index contributed by atoms with van der Waals surface area (Å²) in [6, 6.07) is 17.3. The summed E-state index contributed by atoms with van der Waals surface area (Å²) in [7, 11) is 5.76. The number of carbonyl (C=O) groups excluding carboxylic acids is 1. The van der Waals surface area contributed by atoms with Crippen LogP contribution in [0.3, 0.4) is 0 Å². The number of amidine groups is 1. The van der Waals surface area contributed by atoms with Gasteiger partial charge in [-0.1, -0.05) is 42.1 Å². The van der Waals surface area contributed by atoms with Crippen molar-refractivity contribution in [2.24, 2.45) is 10.9 Å². The van der Waals surface area contributed by atoms with E-state index >= 15 is 0 Å². The molecule has 2 aliphatic rings. The normalized spacial score (nSPS) is 26.8. The fourth-order valence-electron chi connectivity index (χ4n) is 4.28. The minimum atomic E-state index is -0.980. The average Bonchev–Trinajstić information content (AvgIpc) is 3.20. The number of fused-ring (bicyclic) bond motifs is 1. The molecule has 1 heterocycles. The van der Waals surface area contributed by atoms with Crippen LogP contribution < -0.4 is 10.2 Å². The number of hydrogen-bond acceptors (Lipinski definition) is 7. The highest BCUT2D eigenvalue weighted by Gasteiger charge is 2.50. The zero-order valence-electron chi connectivity index (χ0n) is 18.5. The second-order valence-corrected chi connectivity index (χ2v) is 9.82. The molecule has 32 heavy (non-hydrogen) atoms. The molecule has 7 nitrogen and oxygen atoms in total. The van der Waals surface area contributed by atoms with Crippen molar-refractivity contribution in [2.75, 3.05) is 31.4 Å². The van der Waals surface area contributed by atoms with Crippen molar-refractivity contribution in [3.63, 3.8) is 0 Å². The van der Waals surface area contributed by atoms with Gasteiger partial charge in [-0.25, -0.2) is 0 Å². The van der Waals surface area contributed by atoms with Crippen molar-refractivity contribution in [3.05, 3.63) is 60.2 Å². The van der Waals surface area contributed by atoms with Crippen LogP contribution in [0.5, 0.6) is 0 Å². The Labute approximate surface area is 193 Å². The monoisotopic (exact) mass is 454 g/mol. The van der Waals surface area contributed by atoms with Gasteiger partial charge in [0.25, 0.3) is 0 Å². The molecule has 1 aliphatic heterocycles. The van der Waals surface area contributed by atoms with Crippen LogP contribution in [0.2, 0.25) is 0 Å². The molecule has 0 spiro atoms. The van der Waals surface area contributed by atoms with Crippen LogP contribution in [-0.2, 0) is 11.3 Å². The SMILES string of the molecule is CN(Cc1ccccc1)C(=O)[C@H]1C[C@@H](O)[C@H](O)[C@H]2N=C(Nc3ccc(N(C)C)cc3)S[C@@H]21. The lowest BCUT2D eigenvalue weighted by molar-refractivity contribution is -0.139. The number of carbonyl (C=O) groups is 1. The predicted octanol–water partition coefficient (Wildman–Crippen LogP) is 2.40. The van der Waals surface area contributed by atoms with Crippen molar-refractivity contribution in [2.45, 2.75) is 36.5 Å².